The number of thiazole rings is 1. The molecule has 0 spiro atoms. The number of aryl methyl sites for hydroxylation is 2. The monoisotopic (exact) mass is 349 g/mol. The first-order valence-corrected chi connectivity index (χ1v) is 9.26. The van der Waals surface area contributed by atoms with Gasteiger partial charge in [-0.05, 0) is 37.6 Å². The first kappa shape index (κ1) is 15.9. The topological polar surface area (TPSA) is 91.9 Å². The van der Waals surface area contributed by atoms with Crippen LogP contribution in [0.4, 0.5) is 0 Å². The summed E-state index contributed by atoms with van der Waals surface area (Å²) in [5, 5.41) is 3.43. The predicted octanol–water partition coefficient (Wildman–Crippen LogP) is 2.08. The van der Waals surface area contributed by atoms with E-state index in [1.54, 1.807) is 19.1 Å². The molecule has 0 saturated heterocycles. The lowest BCUT2D eigenvalue weighted by molar-refractivity contribution is 0.580. The van der Waals surface area contributed by atoms with E-state index in [2.05, 4.69) is 14.7 Å². The molecular formula is C15H15N3O3S2. The highest BCUT2D eigenvalue weighted by Gasteiger charge is 2.15. The van der Waals surface area contributed by atoms with E-state index >= 15 is 0 Å². The molecule has 23 heavy (non-hydrogen) atoms. The fraction of sp³-hybridized carbons (Fsp3) is 0.200. The van der Waals surface area contributed by atoms with Crippen molar-refractivity contribution in [3.63, 3.8) is 0 Å². The van der Waals surface area contributed by atoms with Gasteiger partial charge >= 0.3 is 0 Å². The molecule has 2 N–H and O–H groups in total. The Bertz CT molecular complexity index is 1040. The Morgan fingerprint density at radius 2 is 2.04 bits per heavy atom. The van der Waals surface area contributed by atoms with Crippen LogP contribution in [0.15, 0.2) is 39.3 Å². The molecule has 120 valence electrons. The van der Waals surface area contributed by atoms with Gasteiger partial charge in [0.15, 0.2) is 0 Å². The molecule has 3 aromatic rings. The van der Waals surface area contributed by atoms with Gasteiger partial charge in [-0.2, -0.15) is 0 Å². The Morgan fingerprint density at radius 1 is 1.26 bits per heavy atom. The zero-order valence-electron chi connectivity index (χ0n) is 12.6. The summed E-state index contributed by atoms with van der Waals surface area (Å²) in [7, 11) is -3.64. The lowest BCUT2D eigenvalue weighted by Gasteiger charge is -2.08. The molecule has 0 fully saturated rings. The van der Waals surface area contributed by atoms with Crippen molar-refractivity contribution in [1.82, 2.24) is 14.7 Å². The van der Waals surface area contributed by atoms with Gasteiger partial charge in [-0.1, -0.05) is 0 Å². The second kappa shape index (κ2) is 5.88. The lowest BCUT2D eigenvalue weighted by Crippen LogP contribution is -2.23. The normalized spacial score (nSPS) is 11.9. The van der Waals surface area contributed by atoms with E-state index in [9.17, 15) is 13.2 Å². The summed E-state index contributed by atoms with van der Waals surface area (Å²) in [5.74, 6) is 0. The van der Waals surface area contributed by atoms with Gasteiger partial charge in [0.25, 0.3) is 0 Å². The smallest absolute Gasteiger partial charge is 0.248 e. The minimum absolute atomic E-state index is 0.148. The number of hydrogen-bond acceptors (Lipinski definition) is 5. The van der Waals surface area contributed by atoms with E-state index < -0.39 is 10.0 Å². The minimum atomic E-state index is -3.64. The predicted molar refractivity (Wildman–Crippen MR) is 90.2 cm³/mol. The molecule has 8 heteroatoms. The summed E-state index contributed by atoms with van der Waals surface area (Å²) in [6.07, 6.45) is 0. The van der Waals surface area contributed by atoms with Crippen molar-refractivity contribution < 1.29 is 8.42 Å². The summed E-state index contributed by atoms with van der Waals surface area (Å²) in [5.41, 5.74) is 1.83. The van der Waals surface area contributed by atoms with Crippen LogP contribution < -0.4 is 10.3 Å². The van der Waals surface area contributed by atoms with Crippen LogP contribution in [0.5, 0.6) is 0 Å². The highest BCUT2D eigenvalue weighted by Crippen LogP contribution is 2.19. The van der Waals surface area contributed by atoms with Gasteiger partial charge in [0.2, 0.25) is 15.6 Å². The fourth-order valence-electron chi connectivity index (χ4n) is 2.31. The largest absolute Gasteiger partial charge is 0.322 e. The number of sulfonamides is 1. The maximum Gasteiger partial charge on any atom is 0.248 e. The van der Waals surface area contributed by atoms with Gasteiger partial charge in [0.1, 0.15) is 0 Å². The molecule has 0 aliphatic carbocycles. The van der Waals surface area contributed by atoms with Crippen molar-refractivity contribution in [2.24, 2.45) is 0 Å². The third kappa shape index (κ3) is 3.34. The number of hydrogen-bond donors (Lipinski definition) is 2. The maximum atomic E-state index is 12.4. The SMILES string of the molecule is Cc1nc(CNS(=O)(=O)c2ccc3[nH]c(=O)cc(C)c3c2)cs1. The number of pyridine rings is 1. The quantitative estimate of drug-likeness (QED) is 0.754. The van der Waals surface area contributed by atoms with Crippen molar-refractivity contribution in [1.29, 1.82) is 0 Å². The number of fused-ring (bicyclic) bond motifs is 1. The summed E-state index contributed by atoms with van der Waals surface area (Å²) < 4.78 is 27.4. The van der Waals surface area contributed by atoms with E-state index in [0.717, 1.165) is 10.6 Å². The Labute approximate surface area is 137 Å². The summed E-state index contributed by atoms with van der Waals surface area (Å²) in [6.45, 7) is 3.80. The molecule has 6 nitrogen and oxygen atoms in total. The van der Waals surface area contributed by atoms with Crippen LogP contribution in [0.2, 0.25) is 0 Å². The van der Waals surface area contributed by atoms with Gasteiger partial charge in [0, 0.05) is 22.3 Å². The van der Waals surface area contributed by atoms with Gasteiger partial charge in [-0.3, -0.25) is 4.79 Å². The van der Waals surface area contributed by atoms with Gasteiger partial charge in [0.05, 0.1) is 22.1 Å². The zero-order chi connectivity index (χ0) is 16.6. The maximum absolute atomic E-state index is 12.4. The van der Waals surface area contributed by atoms with Crippen LogP contribution in [0.3, 0.4) is 0 Å². The second-order valence-electron chi connectivity index (χ2n) is 5.21. The molecule has 1 aromatic carbocycles. The minimum Gasteiger partial charge on any atom is -0.322 e. The Kier molecular flexibility index (Phi) is 4.05. The van der Waals surface area contributed by atoms with Gasteiger partial charge in [-0.25, -0.2) is 18.1 Å². The van der Waals surface area contributed by atoms with Crippen LogP contribution in [0.1, 0.15) is 16.3 Å². The van der Waals surface area contributed by atoms with E-state index in [1.807, 2.05) is 12.3 Å². The Balaban J connectivity index is 1.93. The first-order valence-electron chi connectivity index (χ1n) is 6.89. The number of nitrogens with zero attached hydrogens (tertiary/aromatic N) is 1. The van der Waals surface area contributed by atoms with Crippen molar-refractivity contribution in [3.05, 3.63) is 56.3 Å². The average Bonchev–Trinajstić information content (AvgIpc) is 2.90. The molecule has 2 aromatic heterocycles. The first-order chi connectivity index (χ1) is 10.8. The van der Waals surface area contributed by atoms with E-state index in [1.165, 1.54) is 23.5 Å². The van der Waals surface area contributed by atoms with E-state index in [0.29, 0.717) is 16.6 Å². The molecule has 0 aliphatic rings. The summed E-state index contributed by atoms with van der Waals surface area (Å²) in [4.78, 5) is 18.5. The molecule has 0 aliphatic heterocycles. The van der Waals surface area contributed by atoms with Crippen molar-refractivity contribution in [2.45, 2.75) is 25.3 Å². The van der Waals surface area contributed by atoms with Crippen LogP contribution in [0, 0.1) is 13.8 Å². The number of H-pyrrole nitrogens is 1. The second-order valence-corrected chi connectivity index (χ2v) is 8.04. The fourth-order valence-corrected chi connectivity index (χ4v) is 3.95. The molecule has 0 bridgehead atoms. The van der Waals surface area contributed by atoms with Crippen LogP contribution in [-0.4, -0.2) is 18.4 Å². The molecule has 0 unspecified atom stereocenters. The Hall–Kier alpha value is -2.03. The van der Waals surface area contributed by atoms with Gasteiger partial charge < -0.3 is 4.98 Å². The number of benzene rings is 1. The third-order valence-electron chi connectivity index (χ3n) is 3.44. The molecule has 0 saturated carbocycles. The van der Waals surface area contributed by atoms with Crippen molar-refractivity contribution >= 4 is 32.3 Å². The molecule has 0 atom stereocenters. The van der Waals surface area contributed by atoms with E-state index in [-0.39, 0.29) is 17.0 Å². The van der Waals surface area contributed by atoms with Crippen LogP contribution >= 0.6 is 11.3 Å². The lowest BCUT2D eigenvalue weighted by atomic mass is 10.1. The summed E-state index contributed by atoms with van der Waals surface area (Å²) in [6, 6.07) is 6.09. The van der Waals surface area contributed by atoms with Gasteiger partial charge in [-0.15, -0.1) is 11.3 Å². The average molecular weight is 349 g/mol. The number of aromatic nitrogens is 2. The van der Waals surface area contributed by atoms with Crippen molar-refractivity contribution in [3.8, 4) is 0 Å². The summed E-state index contributed by atoms with van der Waals surface area (Å²) >= 11 is 1.48. The molecular weight excluding hydrogens is 334 g/mol. The van der Waals surface area contributed by atoms with E-state index in [4.69, 9.17) is 0 Å². The van der Waals surface area contributed by atoms with Crippen molar-refractivity contribution in [2.75, 3.05) is 0 Å². The number of aromatic amines is 1. The van der Waals surface area contributed by atoms with Crippen LogP contribution in [-0.2, 0) is 16.6 Å². The molecule has 2 heterocycles. The highest BCUT2D eigenvalue weighted by atomic mass is 32.2. The molecule has 0 amide bonds. The zero-order valence-corrected chi connectivity index (χ0v) is 14.2. The number of rotatable bonds is 4. The highest BCUT2D eigenvalue weighted by molar-refractivity contribution is 7.89. The standard InChI is InChI=1S/C15H15N3O3S2/c1-9-5-15(19)18-14-4-3-12(6-13(9)14)23(20,21)16-7-11-8-22-10(2)17-11/h3-6,8,16H,7H2,1-2H3,(H,18,19). The van der Waals surface area contributed by atoms with Crippen LogP contribution in [0.25, 0.3) is 10.9 Å². The molecule has 3 rings (SSSR count). The third-order valence-corrected chi connectivity index (χ3v) is 5.66. The molecule has 0 radical (unpaired) electrons. The Morgan fingerprint density at radius 3 is 2.74 bits per heavy atom. The number of nitrogens with one attached hydrogen (secondary N) is 2.